The van der Waals surface area contributed by atoms with E-state index < -0.39 is 0 Å². The van der Waals surface area contributed by atoms with Crippen LogP contribution in [0.4, 0.5) is 0 Å². The Balaban J connectivity index is 2.05. The number of hydrazine groups is 1. The topological polar surface area (TPSA) is 24.1 Å². The van der Waals surface area contributed by atoms with Crippen LogP contribution < -0.4 is 10.9 Å². The molecule has 0 spiro atoms. The summed E-state index contributed by atoms with van der Waals surface area (Å²) in [5.74, 6) is 0.560. The highest BCUT2D eigenvalue weighted by Crippen LogP contribution is 2.17. The second-order valence-electron chi connectivity index (χ2n) is 4.21. The average molecular weight is 202 g/mol. The molecule has 2 heteroatoms. The zero-order chi connectivity index (χ0) is 10.7. The first-order valence-corrected chi connectivity index (χ1v) is 5.51. The summed E-state index contributed by atoms with van der Waals surface area (Å²) in [6, 6.07) is 11.4. The Bertz CT molecular complexity index is 322. The first kappa shape index (κ1) is 10.4. The standard InChI is InChI=1S/C13H18N2/c1-10-13(11(2)15-14-10)9-8-12-6-4-3-5-7-12/h3-11,13-15H,1-2H3/b9-8+. The van der Waals surface area contributed by atoms with E-state index >= 15 is 0 Å². The van der Waals surface area contributed by atoms with E-state index in [0.29, 0.717) is 18.0 Å². The highest BCUT2D eigenvalue weighted by molar-refractivity contribution is 5.49. The van der Waals surface area contributed by atoms with Gasteiger partial charge in [-0.2, -0.15) is 0 Å². The highest BCUT2D eigenvalue weighted by atomic mass is 15.4. The molecule has 15 heavy (non-hydrogen) atoms. The van der Waals surface area contributed by atoms with E-state index in [2.05, 4.69) is 61.1 Å². The van der Waals surface area contributed by atoms with Crippen molar-refractivity contribution in [3.05, 3.63) is 42.0 Å². The van der Waals surface area contributed by atoms with Crippen molar-refractivity contribution in [3.63, 3.8) is 0 Å². The number of rotatable bonds is 2. The van der Waals surface area contributed by atoms with Gasteiger partial charge >= 0.3 is 0 Å². The largest absolute Gasteiger partial charge is 0.254 e. The maximum absolute atomic E-state index is 3.25. The minimum Gasteiger partial charge on any atom is -0.254 e. The first-order valence-electron chi connectivity index (χ1n) is 5.51. The van der Waals surface area contributed by atoms with E-state index in [-0.39, 0.29) is 0 Å². The number of benzene rings is 1. The second kappa shape index (κ2) is 4.60. The van der Waals surface area contributed by atoms with Crippen LogP contribution in [0.3, 0.4) is 0 Å². The Labute approximate surface area is 91.4 Å². The lowest BCUT2D eigenvalue weighted by Crippen LogP contribution is -2.30. The van der Waals surface area contributed by atoms with Crippen molar-refractivity contribution in [1.82, 2.24) is 10.9 Å². The summed E-state index contributed by atoms with van der Waals surface area (Å²) in [4.78, 5) is 0. The predicted molar refractivity (Wildman–Crippen MR) is 64.2 cm³/mol. The maximum atomic E-state index is 3.25. The van der Waals surface area contributed by atoms with Gasteiger partial charge in [-0.05, 0) is 19.4 Å². The van der Waals surface area contributed by atoms with Crippen LogP contribution in [0.2, 0.25) is 0 Å². The fourth-order valence-electron chi connectivity index (χ4n) is 2.01. The molecule has 0 radical (unpaired) electrons. The van der Waals surface area contributed by atoms with Gasteiger partial charge in [0.1, 0.15) is 0 Å². The molecule has 0 amide bonds. The monoisotopic (exact) mass is 202 g/mol. The number of nitrogens with one attached hydrogen (secondary N) is 2. The maximum Gasteiger partial charge on any atom is 0.0262 e. The van der Waals surface area contributed by atoms with Crippen molar-refractivity contribution in [3.8, 4) is 0 Å². The van der Waals surface area contributed by atoms with Crippen LogP contribution in [-0.2, 0) is 0 Å². The van der Waals surface area contributed by atoms with E-state index in [0.717, 1.165) is 0 Å². The molecular formula is C13H18N2. The molecule has 1 aliphatic heterocycles. The fraction of sp³-hybridized carbons (Fsp3) is 0.385. The van der Waals surface area contributed by atoms with E-state index in [9.17, 15) is 0 Å². The van der Waals surface area contributed by atoms with Crippen LogP contribution in [0, 0.1) is 5.92 Å². The molecule has 0 bridgehead atoms. The fourth-order valence-corrected chi connectivity index (χ4v) is 2.01. The highest BCUT2D eigenvalue weighted by Gasteiger charge is 2.26. The van der Waals surface area contributed by atoms with Gasteiger partial charge in [0, 0.05) is 18.0 Å². The molecule has 2 nitrogen and oxygen atoms in total. The zero-order valence-electron chi connectivity index (χ0n) is 9.27. The lowest BCUT2D eigenvalue weighted by molar-refractivity contribution is 0.542. The molecule has 1 aliphatic rings. The number of hydrogen-bond acceptors (Lipinski definition) is 2. The van der Waals surface area contributed by atoms with Crippen molar-refractivity contribution in [1.29, 1.82) is 0 Å². The van der Waals surface area contributed by atoms with Gasteiger partial charge in [0.2, 0.25) is 0 Å². The molecule has 1 heterocycles. The second-order valence-corrected chi connectivity index (χ2v) is 4.21. The molecule has 1 saturated heterocycles. The van der Waals surface area contributed by atoms with Gasteiger partial charge in [-0.3, -0.25) is 10.9 Å². The van der Waals surface area contributed by atoms with Gasteiger partial charge in [0.05, 0.1) is 0 Å². The summed E-state index contributed by atoms with van der Waals surface area (Å²) < 4.78 is 0. The molecule has 2 unspecified atom stereocenters. The smallest absolute Gasteiger partial charge is 0.0262 e. The van der Waals surface area contributed by atoms with Gasteiger partial charge in [0.15, 0.2) is 0 Å². The van der Waals surface area contributed by atoms with E-state index in [1.165, 1.54) is 5.56 Å². The minimum absolute atomic E-state index is 0.500. The molecule has 0 aromatic heterocycles. The van der Waals surface area contributed by atoms with Gasteiger partial charge in [0.25, 0.3) is 0 Å². The third-order valence-electron chi connectivity index (χ3n) is 3.00. The third-order valence-corrected chi connectivity index (χ3v) is 3.00. The van der Waals surface area contributed by atoms with E-state index in [1.807, 2.05) is 6.07 Å². The molecular weight excluding hydrogens is 184 g/mol. The molecule has 0 aliphatic carbocycles. The predicted octanol–water partition coefficient (Wildman–Crippen LogP) is 2.20. The molecule has 80 valence electrons. The van der Waals surface area contributed by atoms with Gasteiger partial charge in [-0.1, -0.05) is 42.5 Å². The van der Waals surface area contributed by atoms with Crippen LogP contribution in [0.5, 0.6) is 0 Å². The summed E-state index contributed by atoms with van der Waals surface area (Å²) >= 11 is 0. The van der Waals surface area contributed by atoms with E-state index in [1.54, 1.807) is 0 Å². The molecule has 2 N–H and O–H groups in total. The molecule has 2 rings (SSSR count). The molecule has 1 aromatic rings. The number of hydrogen-bond donors (Lipinski definition) is 2. The normalized spacial score (nSPS) is 31.2. The van der Waals surface area contributed by atoms with Crippen LogP contribution in [0.1, 0.15) is 19.4 Å². The van der Waals surface area contributed by atoms with Crippen molar-refractivity contribution in [2.24, 2.45) is 5.92 Å². The Hall–Kier alpha value is -1.12. The molecule has 0 saturated carbocycles. The Morgan fingerprint density at radius 3 is 2.20 bits per heavy atom. The van der Waals surface area contributed by atoms with Gasteiger partial charge in [-0.15, -0.1) is 0 Å². The Morgan fingerprint density at radius 1 is 1.00 bits per heavy atom. The van der Waals surface area contributed by atoms with Crippen LogP contribution in [0.15, 0.2) is 36.4 Å². The third kappa shape index (κ3) is 2.46. The molecule has 1 fully saturated rings. The minimum atomic E-state index is 0.500. The van der Waals surface area contributed by atoms with Crippen LogP contribution in [-0.4, -0.2) is 12.1 Å². The van der Waals surface area contributed by atoms with Gasteiger partial charge < -0.3 is 0 Å². The molecule has 2 atom stereocenters. The van der Waals surface area contributed by atoms with Crippen LogP contribution >= 0.6 is 0 Å². The van der Waals surface area contributed by atoms with Crippen molar-refractivity contribution < 1.29 is 0 Å². The average Bonchev–Trinajstić information content (AvgIpc) is 2.58. The summed E-state index contributed by atoms with van der Waals surface area (Å²) in [7, 11) is 0. The van der Waals surface area contributed by atoms with Crippen molar-refractivity contribution in [2.45, 2.75) is 25.9 Å². The lowest BCUT2D eigenvalue weighted by atomic mass is 9.95. The van der Waals surface area contributed by atoms with Crippen molar-refractivity contribution in [2.75, 3.05) is 0 Å². The quantitative estimate of drug-likeness (QED) is 0.768. The SMILES string of the molecule is CC1NNC(C)C1/C=C/c1ccccc1. The first-order chi connectivity index (χ1) is 7.27. The van der Waals surface area contributed by atoms with Crippen LogP contribution in [0.25, 0.3) is 6.08 Å². The summed E-state index contributed by atoms with van der Waals surface area (Å²) in [5.41, 5.74) is 7.78. The molecule has 1 aromatic carbocycles. The zero-order valence-corrected chi connectivity index (χ0v) is 9.27. The van der Waals surface area contributed by atoms with Crippen molar-refractivity contribution >= 4 is 6.08 Å². The van der Waals surface area contributed by atoms with E-state index in [4.69, 9.17) is 0 Å². The lowest BCUT2D eigenvalue weighted by Gasteiger charge is -2.12. The summed E-state index contributed by atoms with van der Waals surface area (Å²) in [6.45, 7) is 4.41. The summed E-state index contributed by atoms with van der Waals surface area (Å²) in [6.07, 6.45) is 4.49. The van der Waals surface area contributed by atoms with Gasteiger partial charge in [-0.25, -0.2) is 0 Å². The Morgan fingerprint density at radius 2 is 1.60 bits per heavy atom. The Kier molecular flexibility index (Phi) is 3.19. The summed E-state index contributed by atoms with van der Waals surface area (Å²) in [5, 5.41) is 0.